The first-order valence-corrected chi connectivity index (χ1v) is 10.9. The Morgan fingerprint density at radius 1 is 0.806 bits per heavy atom. The Balaban J connectivity index is 1.32. The van der Waals surface area contributed by atoms with Crippen molar-refractivity contribution in [3.05, 3.63) is 70.8 Å². The van der Waals surface area contributed by atoms with Gasteiger partial charge in [0.1, 0.15) is 0 Å². The summed E-state index contributed by atoms with van der Waals surface area (Å²) in [4.78, 5) is 43.5. The number of amides is 3. The van der Waals surface area contributed by atoms with Crippen LogP contribution in [-0.4, -0.2) is 64.6 Å². The largest absolute Gasteiger partial charge is 0.338 e. The highest BCUT2D eigenvalue weighted by Gasteiger charge is 2.38. The van der Waals surface area contributed by atoms with E-state index in [1.54, 1.807) is 9.80 Å². The average molecular weight is 420 g/mol. The van der Waals surface area contributed by atoms with E-state index in [4.69, 9.17) is 0 Å². The van der Waals surface area contributed by atoms with Gasteiger partial charge in [-0.1, -0.05) is 47.5 Å². The van der Waals surface area contributed by atoms with Crippen molar-refractivity contribution in [2.45, 2.75) is 39.3 Å². The maximum absolute atomic E-state index is 12.8. The van der Waals surface area contributed by atoms with Gasteiger partial charge in [-0.05, 0) is 44.4 Å². The molecular weight excluding hydrogens is 390 g/mol. The Bertz CT molecular complexity index is 961. The van der Waals surface area contributed by atoms with Crippen molar-refractivity contribution < 1.29 is 14.4 Å². The number of nitrogens with zero attached hydrogens (tertiary/aromatic N) is 3. The van der Waals surface area contributed by atoms with Crippen LogP contribution in [0.3, 0.4) is 0 Å². The highest BCUT2D eigenvalue weighted by molar-refractivity contribution is 6.35. The molecule has 2 aromatic rings. The second-order valence-corrected chi connectivity index (χ2v) is 8.60. The number of hydrogen-bond acceptors (Lipinski definition) is 3. The minimum atomic E-state index is -0.426. The lowest BCUT2D eigenvalue weighted by Crippen LogP contribution is -2.59. The highest BCUT2D eigenvalue weighted by atomic mass is 16.2. The van der Waals surface area contributed by atoms with Crippen molar-refractivity contribution >= 4 is 17.7 Å². The van der Waals surface area contributed by atoms with Crippen LogP contribution in [0.5, 0.6) is 0 Å². The van der Waals surface area contributed by atoms with Gasteiger partial charge in [-0.2, -0.15) is 0 Å². The van der Waals surface area contributed by atoms with E-state index in [-0.39, 0.29) is 11.9 Å². The normalized spacial score (nSPS) is 17.9. The minimum Gasteiger partial charge on any atom is -0.338 e. The fourth-order valence-corrected chi connectivity index (χ4v) is 4.36. The molecule has 2 saturated heterocycles. The van der Waals surface area contributed by atoms with E-state index >= 15 is 0 Å². The molecule has 0 radical (unpaired) electrons. The maximum atomic E-state index is 12.8. The molecule has 6 heteroatoms. The second kappa shape index (κ2) is 8.92. The molecule has 0 atom stereocenters. The average Bonchev–Trinajstić information content (AvgIpc) is 2.79. The Kier molecular flexibility index (Phi) is 6.07. The van der Waals surface area contributed by atoms with E-state index in [0.717, 1.165) is 11.1 Å². The summed E-state index contributed by atoms with van der Waals surface area (Å²) in [6.45, 7) is 6.77. The lowest BCUT2D eigenvalue weighted by Gasteiger charge is -2.42. The molecule has 0 spiro atoms. The Labute approximate surface area is 183 Å². The number of likely N-dealkylation sites (tertiary alicyclic amines) is 1. The lowest BCUT2D eigenvalue weighted by atomic mass is 10.0. The first kappa shape index (κ1) is 21.1. The Morgan fingerprint density at radius 3 is 2.00 bits per heavy atom. The number of carbonyl (C=O) groups excluding carboxylic acids is 3. The van der Waals surface area contributed by atoms with Gasteiger partial charge in [0.2, 0.25) is 0 Å². The van der Waals surface area contributed by atoms with Crippen LogP contribution in [0.4, 0.5) is 0 Å². The van der Waals surface area contributed by atoms with Crippen molar-refractivity contribution in [3.63, 3.8) is 0 Å². The zero-order valence-corrected chi connectivity index (χ0v) is 18.2. The molecule has 31 heavy (non-hydrogen) atoms. The van der Waals surface area contributed by atoms with Gasteiger partial charge in [0.25, 0.3) is 5.91 Å². The Hall–Kier alpha value is -3.15. The summed E-state index contributed by atoms with van der Waals surface area (Å²) in [6, 6.07) is 15.7. The van der Waals surface area contributed by atoms with Gasteiger partial charge in [-0.3, -0.25) is 14.4 Å². The smallest absolute Gasteiger partial charge is 0.312 e. The monoisotopic (exact) mass is 419 g/mol. The van der Waals surface area contributed by atoms with Crippen molar-refractivity contribution in [1.29, 1.82) is 0 Å². The molecule has 6 nitrogen and oxygen atoms in total. The van der Waals surface area contributed by atoms with Gasteiger partial charge in [0.15, 0.2) is 0 Å². The number of piperazine rings is 1. The van der Waals surface area contributed by atoms with Crippen molar-refractivity contribution in [3.8, 4) is 0 Å². The second-order valence-electron chi connectivity index (χ2n) is 8.60. The standard InChI is InChI=1S/C25H29N3O3/c1-18-3-7-20(8-4-18)17-27-15-16-28(25(31)24(27)30)22-11-13-26(14-12-22)23(29)21-9-5-19(2)6-10-21/h3-10,22H,11-17H2,1-2H3. The molecular formula is C25H29N3O3. The quantitative estimate of drug-likeness (QED) is 0.716. The van der Waals surface area contributed by atoms with Gasteiger partial charge in [-0.15, -0.1) is 0 Å². The van der Waals surface area contributed by atoms with Gasteiger partial charge >= 0.3 is 11.8 Å². The van der Waals surface area contributed by atoms with E-state index in [1.807, 2.05) is 67.3 Å². The van der Waals surface area contributed by atoms with E-state index in [9.17, 15) is 14.4 Å². The van der Waals surface area contributed by atoms with Crippen molar-refractivity contribution in [2.24, 2.45) is 0 Å². The van der Waals surface area contributed by atoms with Crippen LogP contribution < -0.4 is 0 Å². The molecule has 4 rings (SSSR count). The molecule has 0 N–H and O–H groups in total. The molecule has 0 aliphatic carbocycles. The zero-order valence-electron chi connectivity index (χ0n) is 18.2. The molecule has 2 heterocycles. The number of carbonyl (C=O) groups is 3. The van der Waals surface area contributed by atoms with Gasteiger partial charge < -0.3 is 14.7 Å². The summed E-state index contributed by atoms with van der Waals surface area (Å²) in [6.07, 6.45) is 1.41. The van der Waals surface area contributed by atoms with E-state index in [1.165, 1.54) is 5.56 Å². The molecule has 2 aliphatic heterocycles. The number of benzene rings is 2. The molecule has 0 saturated carbocycles. The summed E-state index contributed by atoms with van der Waals surface area (Å²) < 4.78 is 0. The van der Waals surface area contributed by atoms with Crippen molar-refractivity contribution in [1.82, 2.24) is 14.7 Å². The zero-order chi connectivity index (χ0) is 22.0. The van der Waals surface area contributed by atoms with Crippen LogP contribution in [0.2, 0.25) is 0 Å². The maximum Gasteiger partial charge on any atom is 0.312 e. The van der Waals surface area contributed by atoms with Gasteiger partial charge in [0, 0.05) is 44.3 Å². The summed E-state index contributed by atoms with van der Waals surface area (Å²) in [5.74, 6) is -0.810. The SMILES string of the molecule is Cc1ccc(CN2CCN(C3CCN(C(=O)c4ccc(C)cc4)CC3)C(=O)C2=O)cc1. The topological polar surface area (TPSA) is 60.9 Å². The molecule has 0 unspecified atom stereocenters. The molecule has 2 aromatic carbocycles. The third kappa shape index (κ3) is 4.63. The number of hydrogen-bond donors (Lipinski definition) is 0. The van der Waals surface area contributed by atoms with Crippen LogP contribution in [0, 0.1) is 13.8 Å². The molecule has 0 bridgehead atoms. The first-order valence-electron chi connectivity index (χ1n) is 10.9. The number of piperidine rings is 1. The van der Waals surface area contributed by atoms with Crippen LogP contribution in [0.15, 0.2) is 48.5 Å². The van der Waals surface area contributed by atoms with Crippen molar-refractivity contribution in [2.75, 3.05) is 26.2 Å². The summed E-state index contributed by atoms with van der Waals surface area (Å²) in [7, 11) is 0. The Morgan fingerprint density at radius 2 is 1.39 bits per heavy atom. The van der Waals surface area contributed by atoms with Crippen LogP contribution >= 0.6 is 0 Å². The summed E-state index contributed by atoms with van der Waals surface area (Å²) in [5, 5.41) is 0. The fraction of sp³-hybridized carbons (Fsp3) is 0.400. The molecule has 2 fully saturated rings. The first-order chi connectivity index (χ1) is 14.9. The van der Waals surface area contributed by atoms with Crippen LogP contribution in [0.25, 0.3) is 0 Å². The molecule has 162 valence electrons. The minimum absolute atomic E-state index is 0.0139. The third-order valence-corrected chi connectivity index (χ3v) is 6.33. The van der Waals surface area contributed by atoms with E-state index in [2.05, 4.69) is 0 Å². The predicted octanol–water partition coefficient (Wildman–Crippen LogP) is 2.78. The number of rotatable bonds is 4. The number of aryl methyl sites for hydroxylation is 2. The third-order valence-electron chi connectivity index (χ3n) is 6.33. The van der Waals surface area contributed by atoms with Crippen LogP contribution in [0.1, 0.15) is 39.9 Å². The fourth-order valence-electron chi connectivity index (χ4n) is 4.36. The summed E-state index contributed by atoms with van der Waals surface area (Å²) in [5.41, 5.74) is 4.02. The van der Waals surface area contributed by atoms with Gasteiger partial charge in [0.05, 0.1) is 0 Å². The lowest BCUT2D eigenvalue weighted by molar-refractivity contribution is -0.158. The van der Waals surface area contributed by atoms with E-state index in [0.29, 0.717) is 51.1 Å². The van der Waals surface area contributed by atoms with E-state index < -0.39 is 11.8 Å². The van der Waals surface area contributed by atoms with Gasteiger partial charge in [-0.25, -0.2) is 0 Å². The predicted molar refractivity (Wildman–Crippen MR) is 118 cm³/mol. The van der Waals surface area contributed by atoms with Crippen LogP contribution in [-0.2, 0) is 16.1 Å². The molecule has 3 amide bonds. The molecule has 0 aromatic heterocycles. The highest BCUT2D eigenvalue weighted by Crippen LogP contribution is 2.22. The summed E-state index contributed by atoms with van der Waals surface area (Å²) >= 11 is 0. The molecule has 2 aliphatic rings.